The fourth-order valence-corrected chi connectivity index (χ4v) is 2.28. The van der Waals surface area contributed by atoms with E-state index in [4.69, 9.17) is 4.74 Å². The Labute approximate surface area is 107 Å². The second-order valence-corrected chi connectivity index (χ2v) is 5.11. The first-order valence-corrected chi connectivity index (χ1v) is 6.92. The van der Waals surface area contributed by atoms with Crippen LogP contribution < -0.4 is 5.32 Å². The number of hydrogen-bond acceptors (Lipinski definition) is 5. The van der Waals surface area contributed by atoms with Crippen molar-refractivity contribution in [2.45, 2.75) is 39.3 Å². The summed E-state index contributed by atoms with van der Waals surface area (Å²) in [6, 6.07) is 0.177. The number of aromatic nitrogens is 1. The fourth-order valence-electron chi connectivity index (χ4n) is 1.40. The number of thiazole rings is 1. The molecule has 1 rings (SSSR count). The van der Waals surface area contributed by atoms with Gasteiger partial charge in [-0.1, -0.05) is 6.92 Å². The Balaban J connectivity index is 2.31. The van der Waals surface area contributed by atoms with E-state index in [0.717, 1.165) is 11.4 Å². The molecule has 0 aliphatic carbocycles. The third-order valence-electron chi connectivity index (χ3n) is 2.46. The van der Waals surface area contributed by atoms with Gasteiger partial charge in [-0.05, 0) is 20.3 Å². The van der Waals surface area contributed by atoms with Crippen LogP contribution in [0.3, 0.4) is 0 Å². The lowest BCUT2D eigenvalue weighted by molar-refractivity contribution is 0.0416. The number of aliphatic hydroxyl groups excluding tert-OH is 1. The molecule has 4 nitrogen and oxygen atoms in total. The summed E-state index contributed by atoms with van der Waals surface area (Å²) in [7, 11) is 0. The monoisotopic (exact) mass is 258 g/mol. The average molecular weight is 258 g/mol. The lowest BCUT2D eigenvalue weighted by Crippen LogP contribution is -2.32. The molecule has 2 unspecified atom stereocenters. The summed E-state index contributed by atoms with van der Waals surface area (Å²) < 4.78 is 5.15. The highest BCUT2D eigenvalue weighted by atomic mass is 32.1. The second kappa shape index (κ2) is 7.76. The molecule has 2 atom stereocenters. The molecule has 98 valence electrons. The Hall–Kier alpha value is -0.490. The van der Waals surface area contributed by atoms with Crippen LogP contribution in [0.15, 0.2) is 6.20 Å². The average Bonchev–Trinajstić information content (AvgIpc) is 2.82. The predicted molar refractivity (Wildman–Crippen MR) is 70.4 cm³/mol. The minimum Gasteiger partial charge on any atom is -0.389 e. The topological polar surface area (TPSA) is 54.4 Å². The lowest BCUT2D eigenvalue weighted by atomic mass is 10.3. The van der Waals surface area contributed by atoms with Gasteiger partial charge in [-0.15, -0.1) is 11.3 Å². The quantitative estimate of drug-likeness (QED) is 0.746. The number of aliphatic hydroxyl groups is 1. The highest BCUT2D eigenvalue weighted by molar-refractivity contribution is 7.11. The van der Waals surface area contributed by atoms with Crippen molar-refractivity contribution in [3.63, 3.8) is 0 Å². The molecule has 0 aromatic carbocycles. The van der Waals surface area contributed by atoms with Gasteiger partial charge in [0.15, 0.2) is 0 Å². The zero-order valence-corrected chi connectivity index (χ0v) is 11.6. The van der Waals surface area contributed by atoms with E-state index in [0.29, 0.717) is 19.8 Å². The zero-order valence-electron chi connectivity index (χ0n) is 10.8. The summed E-state index contributed by atoms with van der Waals surface area (Å²) in [5, 5.41) is 14.0. The van der Waals surface area contributed by atoms with E-state index in [1.54, 1.807) is 11.3 Å². The van der Waals surface area contributed by atoms with Crippen molar-refractivity contribution in [3.05, 3.63) is 16.1 Å². The molecular weight excluding hydrogens is 236 g/mol. The van der Waals surface area contributed by atoms with E-state index in [-0.39, 0.29) is 6.04 Å². The van der Waals surface area contributed by atoms with E-state index in [2.05, 4.69) is 24.1 Å². The summed E-state index contributed by atoms with van der Waals surface area (Å²) in [5.41, 5.74) is 0. The van der Waals surface area contributed by atoms with Gasteiger partial charge >= 0.3 is 0 Å². The zero-order chi connectivity index (χ0) is 12.7. The van der Waals surface area contributed by atoms with Crippen LogP contribution in [0.5, 0.6) is 0 Å². The molecule has 0 saturated heterocycles. The van der Waals surface area contributed by atoms with Crippen LogP contribution >= 0.6 is 11.3 Å². The van der Waals surface area contributed by atoms with Crippen LogP contribution in [-0.4, -0.2) is 36.0 Å². The summed E-state index contributed by atoms with van der Waals surface area (Å²) in [4.78, 5) is 5.67. The second-order valence-electron chi connectivity index (χ2n) is 3.96. The molecule has 0 bridgehead atoms. The van der Waals surface area contributed by atoms with Gasteiger partial charge < -0.3 is 15.2 Å². The van der Waals surface area contributed by atoms with Gasteiger partial charge in [0.05, 0.1) is 18.8 Å². The van der Waals surface area contributed by atoms with Gasteiger partial charge in [0, 0.05) is 24.2 Å². The van der Waals surface area contributed by atoms with Crippen molar-refractivity contribution in [1.82, 2.24) is 10.3 Å². The standard InChI is InChI=1S/C12H22N2O2S/c1-4-11-7-14-12(17-11)9(3)13-6-10(15)8-16-5-2/h7,9-10,13,15H,4-6,8H2,1-3H3. The maximum absolute atomic E-state index is 9.62. The Bertz CT molecular complexity index is 317. The van der Waals surface area contributed by atoms with Crippen LogP contribution in [0.2, 0.25) is 0 Å². The van der Waals surface area contributed by atoms with E-state index in [9.17, 15) is 5.11 Å². The molecule has 1 heterocycles. The van der Waals surface area contributed by atoms with Crippen molar-refractivity contribution in [3.8, 4) is 0 Å². The van der Waals surface area contributed by atoms with Crippen molar-refractivity contribution < 1.29 is 9.84 Å². The van der Waals surface area contributed by atoms with Gasteiger partial charge in [-0.2, -0.15) is 0 Å². The minimum atomic E-state index is -0.456. The normalized spacial score (nSPS) is 14.8. The third-order valence-corrected chi connectivity index (χ3v) is 3.79. The summed E-state index contributed by atoms with van der Waals surface area (Å²) in [6.07, 6.45) is 2.50. The molecule has 0 aliphatic heterocycles. The van der Waals surface area contributed by atoms with E-state index >= 15 is 0 Å². The van der Waals surface area contributed by atoms with Gasteiger partial charge in [0.25, 0.3) is 0 Å². The van der Waals surface area contributed by atoms with Gasteiger partial charge in [0.2, 0.25) is 0 Å². The molecule has 17 heavy (non-hydrogen) atoms. The molecule has 0 saturated carbocycles. The molecular formula is C12H22N2O2S. The predicted octanol–water partition coefficient (Wildman–Crippen LogP) is 1.75. The molecule has 0 fully saturated rings. The van der Waals surface area contributed by atoms with E-state index < -0.39 is 6.10 Å². The largest absolute Gasteiger partial charge is 0.389 e. The molecule has 0 amide bonds. The minimum absolute atomic E-state index is 0.177. The summed E-state index contributed by atoms with van der Waals surface area (Å²) in [5.74, 6) is 0. The number of nitrogens with zero attached hydrogens (tertiary/aromatic N) is 1. The van der Waals surface area contributed by atoms with E-state index in [1.165, 1.54) is 4.88 Å². The Morgan fingerprint density at radius 2 is 2.29 bits per heavy atom. The molecule has 1 aromatic heterocycles. The Morgan fingerprint density at radius 1 is 1.53 bits per heavy atom. The highest BCUT2D eigenvalue weighted by Gasteiger charge is 2.11. The lowest BCUT2D eigenvalue weighted by Gasteiger charge is -2.15. The number of nitrogens with one attached hydrogen (secondary N) is 1. The maximum Gasteiger partial charge on any atom is 0.109 e. The molecule has 0 spiro atoms. The van der Waals surface area contributed by atoms with Crippen molar-refractivity contribution in [2.75, 3.05) is 19.8 Å². The Kier molecular flexibility index (Phi) is 6.65. The highest BCUT2D eigenvalue weighted by Crippen LogP contribution is 2.19. The smallest absolute Gasteiger partial charge is 0.109 e. The molecule has 5 heteroatoms. The number of ether oxygens (including phenoxy) is 1. The van der Waals surface area contributed by atoms with Crippen molar-refractivity contribution in [1.29, 1.82) is 0 Å². The van der Waals surface area contributed by atoms with Gasteiger partial charge in [0.1, 0.15) is 5.01 Å². The van der Waals surface area contributed by atoms with Crippen molar-refractivity contribution in [2.24, 2.45) is 0 Å². The summed E-state index contributed by atoms with van der Waals surface area (Å²) in [6.45, 7) is 7.66. The summed E-state index contributed by atoms with van der Waals surface area (Å²) >= 11 is 1.72. The fraction of sp³-hybridized carbons (Fsp3) is 0.750. The number of hydrogen-bond donors (Lipinski definition) is 2. The van der Waals surface area contributed by atoms with E-state index in [1.807, 2.05) is 13.1 Å². The van der Waals surface area contributed by atoms with Gasteiger partial charge in [-0.25, -0.2) is 4.98 Å². The SMILES string of the molecule is CCOCC(O)CNC(C)c1ncc(CC)s1. The van der Waals surface area contributed by atoms with Crippen molar-refractivity contribution >= 4 is 11.3 Å². The first-order valence-electron chi connectivity index (χ1n) is 6.11. The van der Waals surface area contributed by atoms with Crippen LogP contribution in [0.1, 0.15) is 36.7 Å². The van der Waals surface area contributed by atoms with Crippen LogP contribution in [-0.2, 0) is 11.2 Å². The van der Waals surface area contributed by atoms with Crippen LogP contribution in [0, 0.1) is 0 Å². The molecule has 1 aromatic rings. The Morgan fingerprint density at radius 3 is 2.88 bits per heavy atom. The molecule has 0 radical (unpaired) electrons. The third kappa shape index (κ3) is 5.12. The van der Waals surface area contributed by atoms with Crippen LogP contribution in [0.4, 0.5) is 0 Å². The molecule has 0 aliphatic rings. The maximum atomic E-state index is 9.62. The molecule has 2 N–H and O–H groups in total. The number of rotatable bonds is 8. The van der Waals surface area contributed by atoms with Crippen LogP contribution in [0.25, 0.3) is 0 Å². The first-order chi connectivity index (χ1) is 8.17. The van der Waals surface area contributed by atoms with Gasteiger partial charge in [-0.3, -0.25) is 0 Å². The number of aryl methyl sites for hydroxylation is 1. The first kappa shape index (κ1) is 14.6.